The van der Waals surface area contributed by atoms with Crippen molar-refractivity contribution < 1.29 is 14.3 Å². The molecule has 0 radical (unpaired) electrons. The quantitative estimate of drug-likeness (QED) is 0.257. The highest BCUT2D eigenvalue weighted by atomic mass is 79.9. The largest absolute Gasteiger partial charge is 0.493 e. The smallest absolute Gasteiger partial charge is 0.264 e. The van der Waals surface area contributed by atoms with Gasteiger partial charge in [-0.2, -0.15) is 0 Å². The Balaban J connectivity index is 1.59. The summed E-state index contributed by atoms with van der Waals surface area (Å²) in [6.07, 6.45) is 1.77. The van der Waals surface area contributed by atoms with E-state index in [-0.39, 0.29) is 12.5 Å². The molecule has 0 atom stereocenters. The van der Waals surface area contributed by atoms with Crippen molar-refractivity contribution in [1.82, 2.24) is 5.32 Å². The average Bonchev–Trinajstić information content (AvgIpc) is 3.18. The first-order valence-corrected chi connectivity index (χ1v) is 14.3. The number of hydrogen-bond donors (Lipinski definition) is 1. The van der Waals surface area contributed by atoms with Gasteiger partial charge in [-0.05, 0) is 110 Å². The van der Waals surface area contributed by atoms with E-state index in [0.717, 1.165) is 26.9 Å². The van der Waals surface area contributed by atoms with Gasteiger partial charge in [-0.15, -0.1) is 0 Å². The van der Waals surface area contributed by atoms with E-state index in [4.69, 9.17) is 32.7 Å². The van der Waals surface area contributed by atoms with E-state index >= 15 is 0 Å². The Morgan fingerprint density at radius 1 is 1.06 bits per heavy atom. The first-order valence-electron chi connectivity index (χ1n) is 10.3. The van der Waals surface area contributed by atoms with E-state index in [2.05, 4.69) is 58.1 Å². The maximum Gasteiger partial charge on any atom is 0.264 e. The zero-order chi connectivity index (χ0) is 26.0. The molecular formula is C25H17Br3Cl2N2O3S. The molecule has 1 aliphatic heterocycles. The maximum absolute atomic E-state index is 12.7. The first kappa shape index (κ1) is 27.5. The fourth-order valence-electron chi connectivity index (χ4n) is 3.26. The molecule has 1 saturated heterocycles. The molecule has 1 heterocycles. The Hall–Kier alpha value is -1.49. The molecule has 11 heteroatoms. The third-order valence-electron chi connectivity index (χ3n) is 5.06. The maximum atomic E-state index is 12.7. The van der Waals surface area contributed by atoms with Gasteiger partial charge in [0.15, 0.2) is 16.7 Å². The number of ether oxygens (including phenoxy) is 2. The zero-order valence-electron chi connectivity index (χ0n) is 18.8. The Kier molecular flexibility index (Phi) is 9.12. The summed E-state index contributed by atoms with van der Waals surface area (Å²) in [5.41, 5.74) is 3.38. The van der Waals surface area contributed by atoms with Crippen LogP contribution in [0.15, 0.2) is 65.8 Å². The van der Waals surface area contributed by atoms with Crippen molar-refractivity contribution in [2.75, 3.05) is 7.11 Å². The normalized spacial score (nSPS) is 15.5. The minimum Gasteiger partial charge on any atom is -0.493 e. The number of benzene rings is 3. The van der Waals surface area contributed by atoms with Crippen LogP contribution >= 0.6 is 82.8 Å². The lowest BCUT2D eigenvalue weighted by molar-refractivity contribution is -0.115. The number of aryl methyl sites for hydroxylation is 1. The predicted octanol–water partition coefficient (Wildman–Crippen LogP) is 9.07. The van der Waals surface area contributed by atoms with Crippen LogP contribution in [0.3, 0.4) is 0 Å². The molecular weight excluding hydrogens is 719 g/mol. The molecule has 36 heavy (non-hydrogen) atoms. The first-order chi connectivity index (χ1) is 17.2. The number of carbonyl (C=O) groups is 1. The van der Waals surface area contributed by atoms with Crippen molar-refractivity contribution in [2.24, 2.45) is 4.99 Å². The third-order valence-corrected chi connectivity index (χ3v) is 9.35. The number of nitrogens with one attached hydrogen (secondary N) is 1. The highest BCUT2D eigenvalue weighted by Gasteiger charge is 2.25. The number of carbonyl (C=O) groups excluding carboxylic acids is 1. The summed E-state index contributed by atoms with van der Waals surface area (Å²) < 4.78 is 14.0. The van der Waals surface area contributed by atoms with E-state index in [9.17, 15) is 4.79 Å². The molecule has 186 valence electrons. The van der Waals surface area contributed by atoms with Crippen molar-refractivity contribution >= 4 is 106 Å². The van der Waals surface area contributed by atoms with E-state index in [1.54, 1.807) is 31.4 Å². The third kappa shape index (κ3) is 6.31. The lowest BCUT2D eigenvalue weighted by Gasteiger charge is -2.16. The van der Waals surface area contributed by atoms with Crippen molar-refractivity contribution in [1.29, 1.82) is 0 Å². The standard InChI is InChI=1S/C25H17Br3Cl2N2O3S/c1-12-7-15(26)4-6-18(12)31-25-32-24(33)20(36-25)10-14-9-19(34-2)23(22(28)21(14)27)35-11-13-3-5-16(29)17(30)8-13/h3-10H,11H2,1-2H3,(H,31,32,33)/b20-10-. The number of aliphatic imine (C=N–C) groups is 1. The van der Waals surface area contributed by atoms with Gasteiger partial charge in [0.2, 0.25) is 0 Å². The second kappa shape index (κ2) is 11.9. The molecule has 0 unspecified atom stereocenters. The summed E-state index contributed by atoms with van der Waals surface area (Å²) in [7, 11) is 1.56. The number of thioether (sulfide) groups is 1. The Morgan fingerprint density at radius 2 is 1.83 bits per heavy atom. The molecule has 1 aliphatic rings. The van der Waals surface area contributed by atoms with E-state index in [1.807, 2.05) is 31.2 Å². The number of amides is 1. The summed E-state index contributed by atoms with van der Waals surface area (Å²) in [4.78, 5) is 17.8. The average molecular weight is 736 g/mol. The second-order valence-corrected chi connectivity index (χ2v) is 11.9. The van der Waals surface area contributed by atoms with Crippen molar-refractivity contribution in [2.45, 2.75) is 13.5 Å². The molecule has 1 N–H and O–H groups in total. The Morgan fingerprint density at radius 3 is 2.53 bits per heavy atom. The molecule has 5 nitrogen and oxygen atoms in total. The molecule has 0 bridgehead atoms. The minimum atomic E-state index is -0.226. The molecule has 3 aromatic carbocycles. The molecule has 0 saturated carbocycles. The van der Waals surface area contributed by atoms with E-state index < -0.39 is 0 Å². The summed E-state index contributed by atoms with van der Waals surface area (Å²) in [6.45, 7) is 2.22. The van der Waals surface area contributed by atoms with E-state index in [1.165, 1.54) is 11.8 Å². The fourth-order valence-corrected chi connectivity index (χ4v) is 5.83. The number of rotatable bonds is 6. The summed E-state index contributed by atoms with van der Waals surface area (Å²) in [5, 5.41) is 4.28. The Labute approximate surface area is 248 Å². The lowest BCUT2D eigenvalue weighted by Crippen LogP contribution is -2.19. The topological polar surface area (TPSA) is 59.9 Å². The highest BCUT2D eigenvalue weighted by Crippen LogP contribution is 2.44. The highest BCUT2D eigenvalue weighted by molar-refractivity contribution is 9.13. The van der Waals surface area contributed by atoms with Gasteiger partial charge in [-0.25, -0.2) is 4.99 Å². The molecule has 4 rings (SSSR count). The number of halogens is 5. The molecule has 3 aromatic rings. The van der Waals surface area contributed by atoms with Gasteiger partial charge in [0.1, 0.15) is 6.61 Å². The fraction of sp³-hybridized carbons (Fsp3) is 0.120. The van der Waals surface area contributed by atoms with Gasteiger partial charge >= 0.3 is 0 Å². The second-order valence-electron chi connectivity index (χ2n) is 7.57. The van der Waals surface area contributed by atoms with Crippen LogP contribution in [0.25, 0.3) is 6.08 Å². The molecule has 1 amide bonds. The van der Waals surface area contributed by atoms with Crippen molar-refractivity contribution in [3.63, 3.8) is 0 Å². The van der Waals surface area contributed by atoms with Gasteiger partial charge < -0.3 is 14.8 Å². The summed E-state index contributed by atoms with van der Waals surface area (Å²) in [5.74, 6) is 0.782. The van der Waals surface area contributed by atoms with Gasteiger partial charge in [0, 0.05) is 8.95 Å². The van der Waals surface area contributed by atoms with Crippen LogP contribution in [0.5, 0.6) is 11.5 Å². The van der Waals surface area contributed by atoms with Gasteiger partial charge in [0.05, 0.1) is 32.2 Å². The van der Waals surface area contributed by atoms with Crippen LogP contribution in [0, 0.1) is 6.92 Å². The van der Waals surface area contributed by atoms with Crippen LogP contribution in [0.1, 0.15) is 16.7 Å². The number of nitrogens with zero attached hydrogens (tertiary/aromatic N) is 1. The monoisotopic (exact) mass is 732 g/mol. The number of amidine groups is 1. The van der Waals surface area contributed by atoms with Crippen molar-refractivity contribution in [3.05, 3.63) is 87.5 Å². The van der Waals surface area contributed by atoms with Gasteiger partial charge in [-0.1, -0.05) is 45.2 Å². The number of hydrogen-bond acceptors (Lipinski definition) is 5. The van der Waals surface area contributed by atoms with Crippen LogP contribution in [-0.2, 0) is 11.4 Å². The summed E-state index contributed by atoms with van der Waals surface area (Å²) >= 11 is 24.0. The van der Waals surface area contributed by atoms with Crippen LogP contribution in [0.4, 0.5) is 5.69 Å². The van der Waals surface area contributed by atoms with Crippen LogP contribution < -0.4 is 14.8 Å². The predicted molar refractivity (Wildman–Crippen MR) is 159 cm³/mol. The minimum absolute atomic E-state index is 0.226. The van der Waals surface area contributed by atoms with E-state index in [0.29, 0.717) is 40.6 Å². The SMILES string of the molecule is COc1cc(/C=C2\SC(=Nc3ccc(Br)cc3C)NC2=O)c(Br)c(Br)c1OCc1ccc(Cl)c(Cl)c1. The van der Waals surface area contributed by atoms with Crippen LogP contribution in [0.2, 0.25) is 10.0 Å². The molecule has 0 aliphatic carbocycles. The summed E-state index contributed by atoms with van der Waals surface area (Å²) in [6, 6.07) is 12.9. The van der Waals surface area contributed by atoms with Crippen molar-refractivity contribution in [3.8, 4) is 11.5 Å². The van der Waals surface area contributed by atoms with Gasteiger partial charge in [0.25, 0.3) is 5.91 Å². The molecule has 1 fully saturated rings. The van der Waals surface area contributed by atoms with Crippen LogP contribution in [-0.4, -0.2) is 18.2 Å². The zero-order valence-corrected chi connectivity index (χ0v) is 25.9. The van der Waals surface area contributed by atoms with Gasteiger partial charge in [-0.3, -0.25) is 4.79 Å². The lowest BCUT2D eigenvalue weighted by atomic mass is 10.1. The molecule has 0 spiro atoms. The Bertz CT molecular complexity index is 1430. The number of methoxy groups -OCH3 is 1. The molecule has 0 aromatic heterocycles.